The van der Waals surface area contributed by atoms with Gasteiger partial charge in [0.2, 0.25) is 0 Å². The summed E-state index contributed by atoms with van der Waals surface area (Å²) < 4.78 is 1.94. The number of piperidine rings is 1. The Hall–Kier alpha value is -1.99. The summed E-state index contributed by atoms with van der Waals surface area (Å²) in [5.74, 6) is 0.916. The fourth-order valence-corrected chi connectivity index (χ4v) is 4.14. The van der Waals surface area contributed by atoms with E-state index in [1.165, 1.54) is 0 Å². The smallest absolute Gasteiger partial charge is 0.250 e. The van der Waals surface area contributed by atoms with Gasteiger partial charge in [-0.1, -0.05) is 18.2 Å². The normalized spacial score (nSPS) is 24.4. The SMILES string of the molecule is O=c1cccc2n1C[C@H]1C[C@H]2CN(Cc2ccc([NH+]([O-])O)cc2)C1. The second-order valence-electron chi connectivity index (χ2n) is 6.89. The van der Waals surface area contributed by atoms with Crippen molar-refractivity contribution in [3.8, 4) is 0 Å². The van der Waals surface area contributed by atoms with Crippen molar-refractivity contribution in [1.82, 2.24) is 9.47 Å². The molecule has 4 rings (SSSR count). The highest BCUT2D eigenvalue weighted by Crippen LogP contribution is 2.35. The van der Waals surface area contributed by atoms with Crippen LogP contribution in [0.4, 0.5) is 5.69 Å². The summed E-state index contributed by atoms with van der Waals surface area (Å²) in [5, 5.41) is 19.0. The van der Waals surface area contributed by atoms with Crippen molar-refractivity contribution in [2.45, 2.75) is 25.4 Å². The molecule has 6 nitrogen and oxygen atoms in total. The Morgan fingerprint density at radius 1 is 1.12 bits per heavy atom. The van der Waals surface area contributed by atoms with Gasteiger partial charge in [-0.15, -0.1) is 0 Å². The number of likely N-dealkylation sites (tertiary alicyclic amines) is 1. The Kier molecular flexibility index (Phi) is 3.97. The molecule has 2 aliphatic heterocycles. The predicted octanol–water partition coefficient (Wildman–Crippen LogP) is 0.871. The highest BCUT2D eigenvalue weighted by molar-refractivity contribution is 5.32. The van der Waals surface area contributed by atoms with E-state index in [2.05, 4.69) is 11.0 Å². The first-order chi connectivity index (χ1) is 11.6. The van der Waals surface area contributed by atoms with Gasteiger partial charge in [0, 0.05) is 56.0 Å². The highest BCUT2D eigenvalue weighted by Gasteiger charge is 2.34. The molecule has 1 aromatic carbocycles. The van der Waals surface area contributed by atoms with Crippen LogP contribution < -0.4 is 10.8 Å². The Morgan fingerprint density at radius 2 is 1.92 bits per heavy atom. The average Bonchev–Trinajstić information content (AvgIpc) is 2.56. The maximum atomic E-state index is 12.1. The Labute approximate surface area is 140 Å². The predicted molar refractivity (Wildman–Crippen MR) is 89.0 cm³/mol. The first-order valence-electron chi connectivity index (χ1n) is 8.34. The Bertz CT molecular complexity index is 785. The molecule has 3 atom stereocenters. The molecule has 1 fully saturated rings. The van der Waals surface area contributed by atoms with Gasteiger partial charge in [-0.3, -0.25) is 9.69 Å². The fraction of sp³-hybridized carbons (Fsp3) is 0.389. The lowest BCUT2D eigenvalue weighted by atomic mass is 9.83. The van der Waals surface area contributed by atoms with E-state index in [-0.39, 0.29) is 5.56 Å². The number of nitrogens with one attached hydrogen (secondary N) is 1. The summed E-state index contributed by atoms with van der Waals surface area (Å²) in [6.07, 6.45) is 1.15. The summed E-state index contributed by atoms with van der Waals surface area (Å²) >= 11 is 0. The summed E-state index contributed by atoms with van der Waals surface area (Å²) in [6, 6.07) is 12.7. The third-order valence-corrected chi connectivity index (χ3v) is 5.16. The van der Waals surface area contributed by atoms with Gasteiger partial charge in [0.05, 0.1) is 0 Å². The quantitative estimate of drug-likeness (QED) is 0.821. The molecule has 1 saturated heterocycles. The second-order valence-corrected chi connectivity index (χ2v) is 6.89. The molecule has 0 spiro atoms. The van der Waals surface area contributed by atoms with E-state index in [1.807, 2.05) is 22.8 Å². The summed E-state index contributed by atoms with van der Waals surface area (Å²) in [4.78, 5) is 14.5. The summed E-state index contributed by atoms with van der Waals surface area (Å²) in [5.41, 5.74) is 2.72. The van der Waals surface area contributed by atoms with Gasteiger partial charge in [-0.2, -0.15) is 5.23 Å². The first kappa shape index (κ1) is 15.5. The minimum absolute atomic E-state index is 0.111. The van der Waals surface area contributed by atoms with Crippen molar-refractivity contribution >= 4 is 5.69 Å². The molecule has 1 aromatic heterocycles. The molecule has 6 heteroatoms. The standard InChI is InChI=1S/C18H21N3O3/c22-18-3-1-2-17-15-8-14(11-20(17)18)10-19(12-15)9-13-4-6-16(7-5-13)21(23)24/h1-7,14-15,21,23H,8-12H2/t14-,15-/m0/s1. The van der Waals surface area contributed by atoms with Crippen molar-refractivity contribution in [1.29, 1.82) is 0 Å². The third-order valence-electron chi connectivity index (χ3n) is 5.16. The van der Waals surface area contributed by atoms with Crippen LogP contribution in [0.25, 0.3) is 0 Å². The van der Waals surface area contributed by atoms with Crippen LogP contribution in [0.1, 0.15) is 23.6 Å². The van der Waals surface area contributed by atoms with E-state index in [0.717, 1.165) is 43.9 Å². The van der Waals surface area contributed by atoms with Gasteiger partial charge in [0.15, 0.2) is 5.69 Å². The van der Waals surface area contributed by atoms with Gasteiger partial charge in [0.25, 0.3) is 5.56 Å². The van der Waals surface area contributed by atoms with Crippen LogP contribution in [-0.2, 0) is 13.1 Å². The number of hydrogen-bond donors (Lipinski definition) is 2. The molecule has 2 aromatic rings. The van der Waals surface area contributed by atoms with Gasteiger partial charge in [-0.05, 0) is 24.0 Å². The molecule has 2 aliphatic rings. The molecule has 24 heavy (non-hydrogen) atoms. The number of fused-ring (bicyclic) bond motifs is 4. The maximum Gasteiger partial charge on any atom is 0.250 e. The Balaban J connectivity index is 1.51. The fourth-order valence-electron chi connectivity index (χ4n) is 4.14. The number of pyridine rings is 1. The van der Waals surface area contributed by atoms with E-state index >= 15 is 0 Å². The molecule has 2 N–H and O–H groups in total. The summed E-state index contributed by atoms with van der Waals surface area (Å²) in [6.45, 7) is 3.56. The van der Waals surface area contributed by atoms with Crippen molar-refractivity contribution in [2.75, 3.05) is 13.1 Å². The van der Waals surface area contributed by atoms with E-state index in [9.17, 15) is 10.0 Å². The van der Waals surface area contributed by atoms with E-state index < -0.39 is 5.23 Å². The van der Waals surface area contributed by atoms with Crippen LogP contribution in [-0.4, -0.2) is 27.8 Å². The maximum absolute atomic E-state index is 12.1. The number of rotatable bonds is 3. The first-order valence-corrected chi connectivity index (χ1v) is 8.34. The highest BCUT2D eigenvalue weighted by atomic mass is 16.8. The molecule has 0 saturated carbocycles. The lowest BCUT2D eigenvalue weighted by Gasteiger charge is -2.42. The Morgan fingerprint density at radius 3 is 2.67 bits per heavy atom. The number of nitrogens with zero attached hydrogens (tertiary/aromatic N) is 2. The molecule has 3 heterocycles. The number of aromatic nitrogens is 1. The number of benzene rings is 1. The van der Waals surface area contributed by atoms with Crippen molar-refractivity contribution < 1.29 is 10.4 Å². The molecule has 0 amide bonds. The molecular weight excluding hydrogens is 306 g/mol. The van der Waals surface area contributed by atoms with E-state index in [0.29, 0.717) is 17.5 Å². The second kappa shape index (κ2) is 6.14. The third kappa shape index (κ3) is 2.89. The zero-order valence-electron chi connectivity index (χ0n) is 13.4. The lowest BCUT2D eigenvalue weighted by molar-refractivity contribution is -0.991. The lowest BCUT2D eigenvalue weighted by Crippen LogP contribution is -2.99. The van der Waals surface area contributed by atoms with Crippen LogP contribution in [0.3, 0.4) is 0 Å². The minimum atomic E-state index is -0.892. The van der Waals surface area contributed by atoms with Crippen LogP contribution in [0.2, 0.25) is 0 Å². The molecule has 0 aliphatic carbocycles. The molecule has 126 valence electrons. The van der Waals surface area contributed by atoms with Gasteiger partial charge in [-0.25, -0.2) is 5.21 Å². The zero-order chi connectivity index (χ0) is 16.7. The molecular formula is C18H21N3O3. The largest absolute Gasteiger partial charge is 0.595 e. The van der Waals surface area contributed by atoms with E-state index in [4.69, 9.17) is 5.21 Å². The summed E-state index contributed by atoms with van der Waals surface area (Å²) in [7, 11) is 0. The topological polar surface area (TPSA) is 73.0 Å². The molecule has 0 radical (unpaired) electrons. The minimum Gasteiger partial charge on any atom is -0.595 e. The monoisotopic (exact) mass is 327 g/mol. The van der Waals surface area contributed by atoms with Gasteiger partial charge < -0.3 is 9.77 Å². The van der Waals surface area contributed by atoms with E-state index in [1.54, 1.807) is 18.2 Å². The van der Waals surface area contributed by atoms with Gasteiger partial charge in [0.1, 0.15) is 0 Å². The van der Waals surface area contributed by atoms with Crippen molar-refractivity contribution in [2.24, 2.45) is 5.92 Å². The molecule has 2 bridgehead atoms. The van der Waals surface area contributed by atoms with Gasteiger partial charge >= 0.3 is 0 Å². The average molecular weight is 327 g/mol. The number of hydrogen-bond acceptors (Lipinski definition) is 4. The molecule has 1 unspecified atom stereocenters. The van der Waals surface area contributed by atoms with Crippen LogP contribution in [0.5, 0.6) is 0 Å². The van der Waals surface area contributed by atoms with Crippen molar-refractivity contribution in [3.05, 3.63) is 69.3 Å². The van der Waals surface area contributed by atoms with Crippen LogP contribution in [0.15, 0.2) is 47.3 Å². The van der Waals surface area contributed by atoms with Crippen molar-refractivity contribution in [3.63, 3.8) is 0 Å². The van der Waals surface area contributed by atoms with Crippen LogP contribution >= 0.6 is 0 Å². The van der Waals surface area contributed by atoms with Crippen LogP contribution in [0, 0.1) is 11.1 Å². The number of quaternary nitrogens is 1. The zero-order valence-corrected chi connectivity index (χ0v) is 13.4.